The Morgan fingerprint density at radius 1 is 0.652 bits per heavy atom. The van der Waals surface area contributed by atoms with Gasteiger partial charge in [-0.25, -0.2) is 0 Å². The van der Waals surface area contributed by atoms with E-state index in [1.807, 2.05) is 48.5 Å². The van der Waals surface area contributed by atoms with Gasteiger partial charge < -0.3 is 4.52 Å². The van der Waals surface area contributed by atoms with Gasteiger partial charge in [-0.2, -0.15) is 0 Å². The van der Waals surface area contributed by atoms with Crippen LogP contribution in [0.25, 0.3) is 0 Å². The van der Waals surface area contributed by atoms with Crippen LogP contribution >= 0.6 is 55.9 Å². The Morgan fingerprint density at radius 2 is 1.09 bits per heavy atom. The molecule has 0 saturated heterocycles. The lowest BCUT2D eigenvalue weighted by Gasteiger charge is -2.21. The van der Waals surface area contributed by atoms with Gasteiger partial charge in [0.1, 0.15) is 0 Å². The minimum Gasteiger partial charge on any atom is -0.462 e. The van der Waals surface area contributed by atoms with Crippen LogP contribution in [0.1, 0.15) is 0 Å². The van der Waals surface area contributed by atoms with Crippen LogP contribution in [0, 0.1) is 0 Å². The van der Waals surface area contributed by atoms with Crippen molar-refractivity contribution in [1.29, 1.82) is 0 Å². The Balaban J connectivity index is 2.04. The SMILES string of the molecule is Brc1cc(Br)c(OP(c2ccccc2)c2ccccc2)c(Br)c1. The summed E-state index contributed by atoms with van der Waals surface area (Å²) in [5, 5.41) is 2.35. The Hall–Kier alpha value is -0.670. The van der Waals surface area contributed by atoms with Crippen LogP contribution in [0.5, 0.6) is 5.75 Å². The van der Waals surface area contributed by atoms with E-state index in [-0.39, 0.29) is 0 Å². The number of halogens is 3. The molecule has 0 heterocycles. The first kappa shape index (κ1) is 17.2. The number of rotatable bonds is 4. The molecule has 5 heteroatoms. The van der Waals surface area contributed by atoms with E-state index in [0.29, 0.717) is 0 Å². The first-order valence-electron chi connectivity index (χ1n) is 6.88. The summed E-state index contributed by atoms with van der Waals surface area (Å²) in [6.07, 6.45) is 0. The second kappa shape index (κ2) is 7.94. The van der Waals surface area contributed by atoms with Crippen molar-refractivity contribution in [2.45, 2.75) is 0 Å². The molecule has 0 amide bonds. The van der Waals surface area contributed by atoms with Crippen molar-refractivity contribution < 1.29 is 4.52 Å². The average molecular weight is 515 g/mol. The molecule has 3 rings (SSSR count). The van der Waals surface area contributed by atoms with Crippen molar-refractivity contribution in [1.82, 2.24) is 0 Å². The van der Waals surface area contributed by atoms with Gasteiger partial charge >= 0.3 is 0 Å². The van der Waals surface area contributed by atoms with Crippen LogP contribution in [0.2, 0.25) is 0 Å². The fourth-order valence-corrected chi connectivity index (χ4v) is 6.53. The molecule has 3 aromatic carbocycles. The van der Waals surface area contributed by atoms with Gasteiger partial charge in [-0.1, -0.05) is 76.6 Å². The molecule has 0 aliphatic rings. The van der Waals surface area contributed by atoms with Gasteiger partial charge in [0.2, 0.25) is 0 Å². The molecule has 0 spiro atoms. The summed E-state index contributed by atoms with van der Waals surface area (Å²) < 4.78 is 9.28. The number of hydrogen-bond donors (Lipinski definition) is 0. The molecule has 0 aliphatic carbocycles. The highest BCUT2D eigenvalue weighted by atomic mass is 79.9. The maximum absolute atomic E-state index is 6.45. The lowest BCUT2D eigenvalue weighted by Crippen LogP contribution is -2.15. The first-order chi connectivity index (χ1) is 11.1. The quantitative estimate of drug-likeness (QED) is 0.366. The third-order valence-corrected chi connectivity index (χ3v) is 6.66. The Bertz CT molecular complexity index is 731. The first-order valence-corrected chi connectivity index (χ1v) is 10.5. The van der Waals surface area contributed by atoms with E-state index in [9.17, 15) is 0 Å². The van der Waals surface area contributed by atoms with Crippen LogP contribution < -0.4 is 15.1 Å². The van der Waals surface area contributed by atoms with Crippen molar-refractivity contribution in [2.24, 2.45) is 0 Å². The fourth-order valence-electron chi connectivity index (χ4n) is 2.09. The molecule has 0 atom stereocenters. The van der Waals surface area contributed by atoms with E-state index in [4.69, 9.17) is 4.52 Å². The fraction of sp³-hybridized carbons (Fsp3) is 0. The summed E-state index contributed by atoms with van der Waals surface area (Å²) in [7, 11) is -0.945. The van der Waals surface area contributed by atoms with Crippen molar-refractivity contribution in [2.75, 3.05) is 0 Å². The molecule has 1 nitrogen and oxygen atoms in total. The van der Waals surface area contributed by atoms with E-state index >= 15 is 0 Å². The molecule has 0 unspecified atom stereocenters. The largest absolute Gasteiger partial charge is 0.462 e. The molecule has 3 aromatic rings. The summed E-state index contributed by atoms with van der Waals surface area (Å²) in [6.45, 7) is 0. The maximum Gasteiger partial charge on any atom is 0.152 e. The third kappa shape index (κ3) is 4.24. The zero-order valence-corrected chi connectivity index (χ0v) is 17.6. The van der Waals surface area contributed by atoms with Gasteiger partial charge in [0.15, 0.2) is 13.9 Å². The summed E-state index contributed by atoms with van der Waals surface area (Å²) in [5.41, 5.74) is 0. The summed E-state index contributed by atoms with van der Waals surface area (Å²) >= 11 is 10.7. The van der Waals surface area contributed by atoms with Crippen molar-refractivity contribution >= 4 is 66.5 Å². The molecule has 0 aliphatic heterocycles. The minimum absolute atomic E-state index is 0.812. The lowest BCUT2D eigenvalue weighted by molar-refractivity contribution is 0.621. The Morgan fingerprint density at radius 3 is 1.52 bits per heavy atom. The summed E-state index contributed by atoms with van der Waals surface area (Å²) in [4.78, 5) is 0. The average Bonchev–Trinajstić information content (AvgIpc) is 2.56. The van der Waals surface area contributed by atoms with E-state index in [0.717, 1.165) is 19.2 Å². The van der Waals surface area contributed by atoms with E-state index in [1.165, 1.54) is 10.6 Å². The summed E-state index contributed by atoms with van der Waals surface area (Å²) in [5.74, 6) is 0.812. The van der Waals surface area contributed by atoms with Crippen molar-refractivity contribution in [3.8, 4) is 5.75 Å². The molecule has 23 heavy (non-hydrogen) atoms. The van der Waals surface area contributed by atoms with E-state index in [1.54, 1.807) is 0 Å². The highest BCUT2D eigenvalue weighted by Crippen LogP contribution is 2.44. The lowest BCUT2D eigenvalue weighted by atomic mass is 10.3. The van der Waals surface area contributed by atoms with Gasteiger partial charge in [0.05, 0.1) is 8.95 Å². The molecule has 0 fully saturated rings. The molecular formula is C18H12Br3OP. The van der Waals surface area contributed by atoms with Crippen LogP contribution in [-0.2, 0) is 0 Å². The predicted molar refractivity (Wildman–Crippen MR) is 109 cm³/mol. The van der Waals surface area contributed by atoms with Gasteiger partial charge in [-0.15, -0.1) is 0 Å². The van der Waals surface area contributed by atoms with Gasteiger partial charge in [-0.05, 0) is 44.0 Å². The predicted octanol–water partition coefficient (Wildman–Crippen LogP) is 6.40. The Labute approximate surface area is 162 Å². The molecule has 0 aromatic heterocycles. The van der Waals surface area contributed by atoms with Gasteiger partial charge in [-0.3, -0.25) is 0 Å². The second-order valence-corrected chi connectivity index (χ2v) is 9.18. The molecule has 0 bridgehead atoms. The standard InChI is InChI=1S/C18H12Br3OP/c19-13-11-16(20)18(17(21)12-13)22-23(14-7-3-1-4-8-14)15-9-5-2-6-10-15/h1-12H. The smallest absolute Gasteiger partial charge is 0.152 e. The van der Waals surface area contributed by atoms with E-state index < -0.39 is 8.15 Å². The highest BCUT2D eigenvalue weighted by molar-refractivity contribution is 9.11. The molecule has 0 N–H and O–H groups in total. The van der Waals surface area contributed by atoms with Gasteiger partial charge in [0, 0.05) is 15.1 Å². The summed E-state index contributed by atoms with van der Waals surface area (Å²) in [6, 6.07) is 24.6. The topological polar surface area (TPSA) is 9.23 Å². The molecule has 0 saturated carbocycles. The number of hydrogen-bond acceptors (Lipinski definition) is 1. The second-order valence-electron chi connectivity index (χ2n) is 4.76. The normalized spacial score (nSPS) is 10.8. The van der Waals surface area contributed by atoms with Crippen molar-refractivity contribution in [3.63, 3.8) is 0 Å². The monoisotopic (exact) mass is 512 g/mol. The third-order valence-electron chi connectivity index (χ3n) is 3.13. The minimum atomic E-state index is -0.945. The maximum atomic E-state index is 6.45. The van der Waals surface area contributed by atoms with Crippen molar-refractivity contribution in [3.05, 3.63) is 86.2 Å². The molecular weight excluding hydrogens is 503 g/mol. The van der Waals surface area contributed by atoms with Gasteiger partial charge in [0.25, 0.3) is 0 Å². The molecule has 116 valence electrons. The zero-order chi connectivity index (χ0) is 16.2. The zero-order valence-electron chi connectivity index (χ0n) is 11.9. The van der Waals surface area contributed by atoms with Crippen LogP contribution in [0.15, 0.2) is 86.2 Å². The highest BCUT2D eigenvalue weighted by Gasteiger charge is 2.20. The van der Waals surface area contributed by atoms with Crippen LogP contribution in [0.3, 0.4) is 0 Å². The van der Waals surface area contributed by atoms with Crippen LogP contribution in [0.4, 0.5) is 0 Å². The Kier molecular flexibility index (Phi) is 5.92. The van der Waals surface area contributed by atoms with E-state index in [2.05, 4.69) is 72.1 Å². The van der Waals surface area contributed by atoms with Crippen LogP contribution in [-0.4, -0.2) is 0 Å². The number of benzene rings is 3. The molecule has 0 radical (unpaired) electrons.